The van der Waals surface area contributed by atoms with Crippen molar-refractivity contribution in [1.29, 1.82) is 0 Å². The predicted octanol–water partition coefficient (Wildman–Crippen LogP) is 1.20. The predicted molar refractivity (Wildman–Crippen MR) is 174 cm³/mol. The van der Waals surface area contributed by atoms with E-state index in [1.165, 1.54) is 33.6 Å². The van der Waals surface area contributed by atoms with Crippen LogP contribution in [0.1, 0.15) is 30.9 Å². The van der Waals surface area contributed by atoms with Crippen molar-refractivity contribution in [3.63, 3.8) is 0 Å². The molecule has 2 saturated heterocycles. The molecule has 0 saturated carbocycles. The van der Waals surface area contributed by atoms with Gasteiger partial charge in [0.2, 0.25) is 0 Å². The van der Waals surface area contributed by atoms with E-state index in [9.17, 15) is 39.0 Å². The third-order valence-corrected chi connectivity index (χ3v) is 7.75. The summed E-state index contributed by atoms with van der Waals surface area (Å²) in [6.07, 6.45) is -4.16. The van der Waals surface area contributed by atoms with Crippen LogP contribution in [-0.2, 0) is 46.6 Å². The van der Waals surface area contributed by atoms with Gasteiger partial charge >= 0.3 is 18.2 Å². The summed E-state index contributed by atoms with van der Waals surface area (Å²) in [6, 6.07) is 18.7. The average molecular weight is 685 g/mol. The van der Waals surface area contributed by atoms with Gasteiger partial charge in [-0.15, -0.1) is 0 Å². The number of hydrogen-bond acceptors (Lipinski definition) is 11. The smallest absolute Gasteiger partial charge is 0.410 e. The van der Waals surface area contributed by atoms with Crippen molar-refractivity contribution in [1.82, 2.24) is 19.6 Å². The summed E-state index contributed by atoms with van der Waals surface area (Å²) in [5.74, 6) is -1.90. The lowest BCUT2D eigenvalue weighted by atomic mass is 10.1. The van der Waals surface area contributed by atoms with Gasteiger partial charge in [-0.2, -0.15) is 0 Å². The van der Waals surface area contributed by atoms with Gasteiger partial charge in [0.05, 0.1) is 13.5 Å². The Morgan fingerprint density at radius 1 is 0.592 bits per heavy atom. The van der Waals surface area contributed by atoms with Crippen LogP contribution in [0.4, 0.5) is 9.59 Å². The first kappa shape index (κ1) is 38.4. The van der Waals surface area contributed by atoms with Gasteiger partial charge < -0.3 is 44.0 Å². The highest BCUT2D eigenvalue weighted by Gasteiger charge is 2.30. The molecule has 15 heteroatoms. The first-order chi connectivity index (χ1) is 23.5. The number of ketones is 1. The van der Waals surface area contributed by atoms with Crippen molar-refractivity contribution in [2.24, 2.45) is 0 Å². The van der Waals surface area contributed by atoms with Gasteiger partial charge in [0.15, 0.2) is 0 Å². The fourth-order valence-electron chi connectivity index (χ4n) is 4.95. The Bertz CT molecular complexity index is 1390. The summed E-state index contributed by atoms with van der Waals surface area (Å²) in [5, 5.41) is 19.5. The molecule has 2 aliphatic rings. The van der Waals surface area contributed by atoms with Crippen LogP contribution >= 0.6 is 0 Å². The van der Waals surface area contributed by atoms with E-state index in [4.69, 9.17) is 9.47 Å². The number of Topliss-reactive ketones (excluding diaryl/α,β-unsaturated/α-hetero) is 1. The lowest BCUT2D eigenvalue weighted by molar-refractivity contribution is -0.151. The van der Waals surface area contributed by atoms with Crippen molar-refractivity contribution in [2.75, 3.05) is 59.5 Å². The molecule has 0 unspecified atom stereocenters. The molecule has 15 nitrogen and oxygen atoms in total. The third-order valence-electron chi connectivity index (χ3n) is 7.75. The molecule has 2 fully saturated rings. The van der Waals surface area contributed by atoms with Crippen molar-refractivity contribution in [2.45, 2.75) is 45.2 Å². The number of piperazine rings is 2. The molecule has 4 rings (SSSR count). The minimum atomic E-state index is -1.43. The molecule has 49 heavy (non-hydrogen) atoms. The zero-order valence-corrected chi connectivity index (χ0v) is 27.8. The molecule has 0 radical (unpaired) electrons. The highest BCUT2D eigenvalue weighted by Crippen LogP contribution is 2.11. The standard InChI is InChI=1S/C17H22N2O6.C17H22N2O5/c1-24-15(21)11-14(20)16(22)18-7-9-19(10-8-18)17(23)25-12-13-5-3-2-4-6-13;1-13(20)11-15(21)16(22)18-7-9-19(10-8-18)17(23)24-12-14-5-3-2-4-6-14/h2-6,14,20H,7-12H2,1H3;2-6,15,21H,7-12H2,1H3/t14-;15-/m11/s1. The average Bonchev–Trinajstić information content (AvgIpc) is 3.13. The van der Waals surface area contributed by atoms with E-state index in [2.05, 4.69) is 4.74 Å². The van der Waals surface area contributed by atoms with Crippen molar-refractivity contribution in [3.8, 4) is 0 Å². The molecule has 4 amide bonds. The largest absolute Gasteiger partial charge is 0.469 e. The molecule has 0 bridgehead atoms. The van der Waals surface area contributed by atoms with E-state index in [0.717, 1.165) is 11.1 Å². The minimum absolute atomic E-state index is 0.182. The number of hydrogen-bond donors (Lipinski definition) is 2. The topological polar surface area (TPSA) is 184 Å². The van der Waals surface area contributed by atoms with E-state index in [-0.39, 0.29) is 44.9 Å². The number of carbonyl (C=O) groups excluding carboxylic acids is 6. The monoisotopic (exact) mass is 684 g/mol. The van der Waals surface area contributed by atoms with Gasteiger partial charge in [-0.05, 0) is 18.1 Å². The van der Waals surface area contributed by atoms with Crippen LogP contribution in [-0.4, -0.2) is 137 Å². The highest BCUT2D eigenvalue weighted by molar-refractivity contribution is 5.87. The quantitative estimate of drug-likeness (QED) is 0.271. The Morgan fingerprint density at radius 2 is 0.939 bits per heavy atom. The molecule has 2 atom stereocenters. The SMILES string of the molecule is CC(=O)C[C@@H](O)C(=O)N1CCN(C(=O)OCc2ccccc2)CC1.COC(=O)C[C@@H](O)C(=O)N1CCN(C(=O)OCc2ccccc2)CC1. The lowest BCUT2D eigenvalue weighted by Gasteiger charge is -2.35. The van der Waals surface area contributed by atoms with Gasteiger partial charge in [0.25, 0.3) is 11.8 Å². The molecule has 2 heterocycles. The molecule has 266 valence electrons. The number of ether oxygens (including phenoxy) is 3. The summed E-state index contributed by atoms with van der Waals surface area (Å²) in [5.41, 5.74) is 1.81. The van der Waals surface area contributed by atoms with Crippen LogP contribution < -0.4 is 0 Å². The highest BCUT2D eigenvalue weighted by atomic mass is 16.6. The molecule has 2 aromatic rings. The van der Waals surface area contributed by atoms with Gasteiger partial charge in [-0.25, -0.2) is 9.59 Å². The maximum absolute atomic E-state index is 12.1. The molecule has 0 aromatic heterocycles. The molecule has 0 aliphatic carbocycles. The maximum Gasteiger partial charge on any atom is 0.410 e. The maximum atomic E-state index is 12.1. The lowest BCUT2D eigenvalue weighted by Crippen LogP contribution is -2.53. The molecule has 2 N–H and O–H groups in total. The van der Waals surface area contributed by atoms with Gasteiger partial charge in [-0.1, -0.05) is 60.7 Å². The van der Waals surface area contributed by atoms with Crippen LogP contribution in [0.15, 0.2) is 60.7 Å². The number of rotatable bonds is 10. The number of aliphatic hydroxyl groups is 2. The Morgan fingerprint density at radius 3 is 1.29 bits per heavy atom. The Kier molecular flexibility index (Phi) is 15.5. The zero-order valence-electron chi connectivity index (χ0n) is 27.8. The summed E-state index contributed by atoms with van der Waals surface area (Å²) in [7, 11) is 1.19. The number of aliphatic hydroxyl groups excluding tert-OH is 2. The second-order valence-corrected chi connectivity index (χ2v) is 11.4. The molecular weight excluding hydrogens is 640 g/mol. The van der Waals surface area contributed by atoms with E-state index in [1.54, 1.807) is 0 Å². The van der Waals surface area contributed by atoms with Crippen molar-refractivity contribution < 1.29 is 53.2 Å². The first-order valence-corrected chi connectivity index (χ1v) is 15.9. The molecular formula is C34H44N4O11. The van der Waals surface area contributed by atoms with Gasteiger partial charge in [-0.3, -0.25) is 19.2 Å². The fraction of sp³-hybridized carbons (Fsp3) is 0.471. The van der Waals surface area contributed by atoms with Gasteiger partial charge in [0, 0.05) is 58.8 Å². The number of benzene rings is 2. The normalized spacial score (nSPS) is 15.6. The number of carbonyl (C=O) groups is 6. The first-order valence-electron chi connectivity index (χ1n) is 15.9. The van der Waals surface area contributed by atoms with Crippen molar-refractivity contribution >= 4 is 35.8 Å². The van der Waals surface area contributed by atoms with Crippen LogP contribution in [0, 0.1) is 0 Å². The molecule has 0 spiro atoms. The number of nitrogens with zero attached hydrogens (tertiary/aromatic N) is 4. The number of amides is 4. The Labute approximate surface area is 284 Å². The van der Waals surface area contributed by atoms with Crippen LogP contribution in [0.2, 0.25) is 0 Å². The summed E-state index contributed by atoms with van der Waals surface area (Å²) < 4.78 is 14.9. The zero-order chi connectivity index (χ0) is 35.8. The van der Waals surface area contributed by atoms with Gasteiger partial charge in [0.1, 0.15) is 31.2 Å². The molecule has 2 aromatic carbocycles. The Balaban J connectivity index is 0.000000266. The van der Waals surface area contributed by atoms with E-state index in [1.807, 2.05) is 60.7 Å². The summed E-state index contributed by atoms with van der Waals surface area (Å²) in [6.45, 7) is 4.20. The molecule has 2 aliphatic heterocycles. The van der Waals surface area contributed by atoms with Crippen LogP contribution in [0.3, 0.4) is 0 Å². The van der Waals surface area contributed by atoms with E-state index in [0.29, 0.717) is 39.3 Å². The number of methoxy groups -OCH3 is 1. The minimum Gasteiger partial charge on any atom is -0.469 e. The number of esters is 1. The Hall–Kier alpha value is -5.02. The summed E-state index contributed by atoms with van der Waals surface area (Å²) in [4.78, 5) is 76.2. The second kappa shape index (κ2) is 19.7. The third kappa shape index (κ3) is 12.8. The summed E-state index contributed by atoms with van der Waals surface area (Å²) >= 11 is 0. The fourth-order valence-corrected chi connectivity index (χ4v) is 4.95. The van der Waals surface area contributed by atoms with Crippen molar-refractivity contribution in [3.05, 3.63) is 71.8 Å². The van der Waals surface area contributed by atoms with Crippen LogP contribution in [0.25, 0.3) is 0 Å². The van der Waals surface area contributed by atoms with E-state index >= 15 is 0 Å². The van der Waals surface area contributed by atoms with E-state index < -0.39 is 42.2 Å². The second-order valence-electron chi connectivity index (χ2n) is 11.4. The van der Waals surface area contributed by atoms with Crippen LogP contribution in [0.5, 0.6) is 0 Å².